The third-order valence-corrected chi connectivity index (χ3v) is 4.53. The Hall–Kier alpha value is -1.42. The first kappa shape index (κ1) is 16.0. The molecular formula is C17H23NO2S. The molecule has 1 aliphatic heterocycles. The van der Waals surface area contributed by atoms with Gasteiger partial charge in [0.2, 0.25) is 0 Å². The molecule has 0 N–H and O–H groups in total. The van der Waals surface area contributed by atoms with Gasteiger partial charge in [-0.2, -0.15) is 0 Å². The van der Waals surface area contributed by atoms with Crippen LogP contribution in [-0.4, -0.2) is 22.3 Å². The lowest BCUT2D eigenvalue weighted by molar-refractivity contribution is -0.142. The standard InChI is InChI=1S/C17H23NO2S/c1-16(2,3)10-12-6-7-13(21-12)11-17(4,5)18-14(19)8-9-15(18)20/h6-9H,10-11H2,1-5H3. The third-order valence-electron chi connectivity index (χ3n) is 3.44. The monoisotopic (exact) mass is 305 g/mol. The van der Waals surface area contributed by atoms with Crippen LogP contribution < -0.4 is 0 Å². The lowest BCUT2D eigenvalue weighted by atomic mass is 9.91. The van der Waals surface area contributed by atoms with Crippen molar-refractivity contribution in [3.63, 3.8) is 0 Å². The maximum atomic E-state index is 11.8. The molecule has 0 saturated carbocycles. The first-order chi connectivity index (χ1) is 9.58. The van der Waals surface area contributed by atoms with Crippen molar-refractivity contribution in [3.05, 3.63) is 34.0 Å². The minimum Gasteiger partial charge on any atom is -0.269 e. The summed E-state index contributed by atoms with van der Waals surface area (Å²) in [6, 6.07) is 4.28. The van der Waals surface area contributed by atoms with Gasteiger partial charge >= 0.3 is 0 Å². The number of carbonyl (C=O) groups is 2. The second-order valence-electron chi connectivity index (χ2n) is 7.44. The molecule has 3 nitrogen and oxygen atoms in total. The van der Waals surface area contributed by atoms with E-state index in [0.717, 1.165) is 6.42 Å². The number of thiophene rings is 1. The molecule has 2 amide bonds. The topological polar surface area (TPSA) is 37.4 Å². The molecule has 0 bridgehead atoms. The van der Waals surface area contributed by atoms with Gasteiger partial charge in [0.05, 0.1) is 5.54 Å². The summed E-state index contributed by atoms with van der Waals surface area (Å²) in [6.45, 7) is 10.6. The molecule has 1 aromatic heterocycles. The first-order valence-corrected chi connectivity index (χ1v) is 8.04. The summed E-state index contributed by atoms with van der Waals surface area (Å²) in [5, 5.41) is 0. The molecule has 114 valence electrons. The third kappa shape index (κ3) is 3.82. The van der Waals surface area contributed by atoms with Crippen LogP contribution in [0.3, 0.4) is 0 Å². The average Bonchev–Trinajstić information content (AvgIpc) is 2.83. The molecule has 1 aromatic rings. The molecule has 2 rings (SSSR count). The number of rotatable bonds is 4. The summed E-state index contributed by atoms with van der Waals surface area (Å²) in [5.74, 6) is -0.423. The van der Waals surface area contributed by atoms with E-state index in [4.69, 9.17) is 0 Å². The molecule has 0 aromatic carbocycles. The SMILES string of the molecule is CC(C)(C)Cc1ccc(CC(C)(C)N2C(=O)C=CC2=O)s1. The summed E-state index contributed by atoms with van der Waals surface area (Å²) < 4.78 is 0. The Bertz CT molecular complexity index is 572. The van der Waals surface area contributed by atoms with Crippen LogP contribution in [0.25, 0.3) is 0 Å². The molecule has 21 heavy (non-hydrogen) atoms. The zero-order valence-corrected chi connectivity index (χ0v) is 14.2. The molecule has 1 aliphatic rings. The first-order valence-electron chi connectivity index (χ1n) is 7.22. The molecule has 0 radical (unpaired) electrons. The quantitative estimate of drug-likeness (QED) is 0.797. The van der Waals surface area contributed by atoms with Crippen LogP contribution in [0.4, 0.5) is 0 Å². The van der Waals surface area contributed by atoms with Gasteiger partial charge in [0.25, 0.3) is 11.8 Å². The van der Waals surface area contributed by atoms with Gasteiger partial charge in [-0.3, -0.25) is 14.5 Å². The molecule has 0 aliphatic carbocycles. The number of hydrogen-bond donors (Lipinski definition) is 0. The van der Waals surface area contributed by atoms with E-state index in [1.807, 2.05) is 13.8 Å². The van der Waals surface area contributed by atoms with E-state index in [1.54, 1.807) is 11.3 Å². The second kappa shape index (κ2) is 5.41. The summed E-state index contributed by atoms with van der Waals surface area (Å²) in [4.78, 5) is 27.6. The zero-order chi connectivity index (χ0) is 15.8. The molecule has 0 atom stereocenters. The molecular weight excluding hydrogens is 282 g/mol. The van der Waals surface area contributed by atoms with Crippen molar-refractivity contribution in [1.82, 2.24) is 4.90 Å². The average molecular weight is 305 g/mol. The van der Waals surface area contributed by atoms with Crippen LogP contribution in [0.15, 0.2) is 24.3 Å². The van der Waals surface area contributed by atoms with Gasteiger partial charge < -0.3 is 0 Å². The fourth-order valence-electron chi connectivity index (χ4n) is 2.64. The van der Waals surface area contributed by atoms with Crippen molar-refractivity contribution >= 4 is 23.2 Å². The Morgan fingerprint density at radius 1 is 0.905 bits per heavy atom. The fraction of sp³-hybridized carbons (Fsp3) is 0.529. The van der Waals surface area contributed by atoms with E-state index in [-0.39, 0.29) is 17.2 Å². The second-order valence-corrected chi connectivity index (χ2v) is 8.69. The van der Waals surface area contributed by atoms with E-state index in [2.05, 4.69) is 32.9 Å². The number of imide groups is 1. The Morgan fingerprint density at radius 2 is 1.38 bits per heavy atom. The summed E-state index contributed by atoms with van der Waals surface area (Å²) in [5.41, 5.74) is -0.232. The molecule has 4 heteroatoms. The molecule has 0 saturated heterocycles. The largest absolute Gasteiger partial charge is 0.269 e. The number of hydrogen-bond acceptors (Lipinski definition) is 3. The normalized spacial score (nSPS) is 16.1. The van der Waals surface area contributed by atoms with Crippen LogP contribution in [0.5, 0.6) is 0 Å². The van der Waals surface area contributed by atoms with Gasteiger partial charge in [0.1, 0.15) is 0 Å². The van der Waals surface area contributed by atoms with Gasteiger partial charge in [-0.25, -0.2) is 0 Å². The van der Waals surface area contributed by atoms with E-state index >= 15 is 0 Å². The summed E-state index contributed by atoms with van der Waals surface area (Å²) >= 11 is 1.78. The highest BCUT2D eigenvalue weighted by atomic mass is 32.1. The molecule has 0 fully saturated rings. The molecule has 0 unspecified atom stereocenters. The maximum Gasteiger partial charge on any atom is 0.254 e. The van der Waals surface area contributed by atoms with Crippen LogP contribution in [0, 0.1) is 5.41 Å². The van der Waals surface area contributed by atoms with E-state index in [0.29, 0.717) is 6.42 Å². The zero-order valence-electron chi connectivity index (χ0n) is 13.4. The fourth-order valence-corrected chi connectivity index (χ4v) is 4.18. The molecule has 2 heterocycles. The van der Waals surface area contributed by atoms with Crippen molar-refractivity contribution < 1.29 is 9.59 Å². The van der Waals surface area contributed by atoms with Crippen molar-refractivity contribution in [1.29, 1.82) is 0 Å². The number of nitrogens with zero attached hydrogens (tertiary/aromatic N) is 1. The molecule has 0 spiro atoms. The van der Waals surface area contributed by atoms with Gasteiger partial charge in [0.15, 0.2) is 0 Å². The Balaban J connectivity index is 2.10. The highest BCUT2D eigenvalue weighted by molar-refractivity contribution is 7.12. The van der Waals surface area contributed by atoms with Crippen LogP contribution in [-0.2, 0) is 22.4 Å². The maximum absolute atomic E-state index is 11.8. The predicted octanol–water partition coefficient (Wildman–Crippen LogP) is 3.58. The van der Waals surface area contributed by atoms with Crippen molar-refractivity contribution in [2.24, 2.45) is 5.41 Å². The van der Waals surface area contributed by atoms with Crippen LogP contribution in [0.2, 0.25) is 0 Å². The Kier molecular flexibility index (Phi) is 4.11. The lowest BCUT2D eigenvalue weighted by Crippen LogP contribution is -2.49. The van der Waals surface area contributed by atoms with Gasteiger partial charge in [-0.05, 0) is 37.8 Å². The van der Waals surface area contributed by atoms with Crippen molar-refractivity contribution in [2.45, 2.75) is 53.0 Å². The lowest BCUT2D eigenvalue weighted by Gasteiger charge is -2.33. The highest BCUT2D eigenvalue weighted by Gasteiger charge is 2.37. The number of carbonyl (C=O) groups excluding carboxylic acids is 2. The Morgan fingerprint density at radius 3 is 1.86 bits per heavy atom. The Labute approximate surface area is 130 Å². The highest BCUT2D eigenvalue weighted by Crippen LogP contribution is 2.30. The van der Waals surface area contributed by atoms with Crippen LogP contribution in [0.1, 0.15) is 44.4 Å². The van der Waals surface area contributed by atoms with Gasteiger partial charge in [0, 0.05) is 28.3 Å². The number of amides is 2. The summed E-state index contributed by atoms with van der Waals surface area (Å²) in [6.07, 6.45) is 4.44. The van der Waals surface area contributed by atoms with Gasteiger partial charge in [-0.1, -0.05) is 20.8 Å². The van der Waals surface area contributed by atoms with Crippen LogP contribution >= 0.6 is 11.3 Å². The van der Waals surface area contributed by atoms with Crippen molar-refractivity contribution in [2.75, 3.05) is 0 Å². The smallest absolute Gasteiger partial charge is 0.254 e. The van der Waals surface area contributed by atoms with E-state index in [9.17, 15) is 9.59 Å². The minimum atomic E-state index is -0.498. The van der Waals surface area contributed by atoms with Gasteiger partial charge in [-0.15, -0.1) is 11.3 Å². The van der Waals surface area contributed by atoms with E-state index in [1.165, 1.54) is 26.8 Å². The minimum absolute atomic E-state index is 0.212. The predicted molar refractivity (Wildman–Crippen MR) is 86.3 cm³/mol. The van der Waals surface area contributed by atoms with E-state index < -0.39 is 5.54 Å². The van der Waals surface area contributed by atoms with Crippen molar-refractivity contribution in [3.8, 4) is 0 Å². The summed E-state index contributed by atoms with van der Waals surface area (Å²) in [7, 11) is 0.